The molecule has 0 aromatic heterocycles. The zero-order valence-electron chi connectivity index (χ0n) is 12.1. The Balaban J connectivity index is 1.86. The zero-order valence-corrected chi connectivity index (χ0v) is 12.1. The first-order valence-electron chi connectivity index (χ1n) is 7.56. The fraction of sp³-hybridized carbons (Fsp3) is 0.263. The van der Waals surface area contributed by atoms with Gasteiger partial charge in [0.1, 0.15) is 0 Å². The molecule has 1 heterocycles. The van der Waals surface area contributed by atoms with Gasteiger partial charge in [-0.15, -0.1) is 0 Å². The van der Waals surface area contributed by atoms with Crippen molar-refractivity contribution in [1.29, 1.82) is 0 Å². The fourth-order valence-electron chi connectivity index (χ4n) is 3.48. The Hall–Kier alpha value is -2.22. The smallest absolute Gasteiger partial charge is 0.163 e. The molecule has 0 N–H and O–H groups in total. The van der Waals surface area contributed by atoms with E-state index in [0.29, 0.717) is 6.42 Å². The van der Waals surface area contributed by atoms with Crippen LogP contribution in [0.3, 0.4) is 0 Å². The Morgan fingerprint density at radius 3 is 2.71 bits per heavy atom. The lowest BCUT2D eigenvalue weighted by molar-refractivity contribution is 0.0982. The molecule has 4 rings (SSSR count). The van der Waals surface area contributed by atoms with E-state index in [4.69, 9.17) is 4.99 Å². The quantitative estimate of drug-likeness (QED) is 0.749. The van der Waals surface area contributed by atoms with Crippen molar-refractivity contribution in [3.63, 3.8) is 0 Å². The SMILES string of the molecule is Cc1ccc(C2=Nc3cccc4c3C2CCCC4=O)cc1. The number of nitrogens with zero attached hydrogens (tertiary/aromatic N) is 1. The van der Waals surface area contributed by atoms with Crippen LogP contribution in [0.4, 0.5) is 5.69 Å². The molecule has 104 valence electrons. The van der Waals surface area contributed by atoms with Gasteiger partial charge in [-0.3, -0.25) is 9.79 Å². The second-order valence-electron chi connectivity index (χ2n) is 5.97. The molecule has 1 aliphatic heterocycles. The third-order valence-corrected chi connectivity index (χ3v) is 4.55. The highest BCUT2D eigenvalue weighted by Gasteiger charge is 2.33. The minimum Gasteiger partial charge on any atom is -0.294 e. The van der Waals surface area contributed by atoms with Gasteiger partial charge in [0.05, 0.1) is 11.4 Å². The summed E-state index contributed by atoms with van der Waals surface area (Å²) in [6.07, 6.45) is 2.62. The van der Waals surface area contributed by atoms with Crippen molar-refractivity contribution in [2.75, 3.05) is 0 Å². The number of hydrogen-bond donors (Lipinski definition) is 0. The predicted molar refractivity (Wildman–Crippen MR) is 84.7 cm³/mol. The fourth-order valence-corrected chi connectivity index (χ4v) is 3.48. The van der Waals surface area contributed by atoms with Crippen molar-refractivity contribution >= 4 is 17.2 Å². The number of ketones is 1. The van der Waals surface area contributed by atoms with Crippen LogP contribution < -0.4 is 0 Å². The number of Topliss-reactive ketones (excluding diaryl/α,β-unsaturated/α-hetero) is 1. The number of benzene rings is 2. The van der Waals surface area contributed by atoms with E-state index in [-0.39, 0.29) is 11.7 Å². The molecular formula is C19H17NO. The summed E-state index contributed by atoms with van der Waals surface area (Å²) in [5, 5.41) is 0. The second kappa shape index (κ2) is 4.66. The molecule has 0 amide bonds. The third kappa shape index (κ3) is 1.94. The summed E-state index contributed by atoms with van der Waals surface area (Å²) in [7, 11) is 0. The van der Waals surface area contributed by atoms with Gasteiger partial charge in [0.25, 0.3) is 0 Å². The van der Waals surface area contributed by atoms with Crippen LogP contribution in [0.5, 0.6) is 0 Å². The highest BCUT2D eigenvalue weighted by atomic mass is 16.1. The summed E-state index contributed by atoms with van der Waals surface area (Å²) in [6.45, 7) is 2.09. The molecule has 2 aromatic carbocycles. The van der Waals surface area contributed by atoms with E-state index < -0.39 is 0 Å². The lowest BCUT2D eigenvalue weighted by atomic mass is 9.87. The van der Waals surface area contributed by atoms with E-state index in [9.17, 15) is 4.79 Å². The number of carbonyl (C=O) groups excluding carboxylic acids is 1. The lowest BCUT2D eigenvalue weighted by Gasteiger charge is -2.14. The molecule has 0 fully saturated rings. The van der Waals surface area contributed by atoms with Gasteiger partial charge in [-0.2, -0.15) is 0 Å². The topological polar surface area (TPSA) is 29.4 Å². The minimum atomic E-state index is 0.273. The maximum atomic E-state index is 12.3. The Kier molecular flexibility index (Phi) is 2.78. The summed E-state index contributed by atoms with van der Waals surface area (Å²) in [5.41, 5.74) is 6.61. The van der Waals surface area contributed by atoms with Crippen molar-refractivity contribution in [3.8, 4) is 0 Å². The van der Waals surface area contributed by atoms with Crippen molar-refractivity contribution in [3.05, 3.63) is 64.7 Å². The van der Waals surface area contributed by atoms with Gasteiger partial charge in [-0.25, -0.2) is 0 Å². The second-order valence-corrected chi connectivity index (χ2v) is 5.97. The van der Waals surface area contributed by atoms with Gasteiger partial charge in [0.15, 0.2) is 5.78 Å². The van der Waals surface area contributed by atoms with E-state index in [2.05, 4.69) is 31.2 Å². The minimum absolute atomic E-state index is 0.273. The number of aryl methyl sites for hydroxylation is 1. The highest BCUT2D eigenvalue weighted by Crippen LogP contribution is 2.44. The molecule has 0 spiro atoms. The first kappa shape index (κ1) is 12.5. The Morgan fingerprint density at radius 1 is 1.10 bits per heavy atom. The Bertz CT molecular complexity index is 756. The molecule has 2 aromatic rings. The van der Waals surface area contributed by atoms with Crippen LogP contribution in [0.25, 0.3) is 0 Å². The summed E-state index contributed by atoms with van der Waals surface area (Å²) in [6, 6.07) is 14.5. The van der Waals surface area contributed by atoms with Crippen molar-refractivity contribution in [2.45, 2.75) is 32.1 Å². The monoisotopic (exact) mass is 275 g/mol. The molecule has 1 unspecified atom stereocenters. The summed E-state index contributed by atoms with van der Waals surface area (Å²) < 4.78 is 0. The van der Waals surface area contributed by atoms with Crippen molar-refractivity contribution < 1.29 is 4.79 Å². The molecule has 2 aliphatic rings. The average molecular weight is 275 g/mol. The zero-order chi connectivity index (χ0) is 14.4. The number of aliphatic imine (C=N–C) groups is 1. The molecule has 0 radical (unpaired) electrons. The number of carbonyl (C=O) groups is 1. The summed E-state index contributed by atoms with van der Waals surface area (Å²) >= 11 is 0. The molecule has 1 atom stereocenters. The van der Waals surface area contributed by atoms with Crippen LogP contribution >= 0.6 is 0 Å². The maximum Gasteiger partial charge on any atom is 0.163 e. The van der Waals surface area contributed by atoms with E-state index in [0.717, 1.165) is 35.4 Å². The van der Waals surface area contributed by atoms with E-state index in [1.807, 2.05) is 18.2 Å². The normalized spacial score (nSPS) is 20.0. The first-order valence-corrected chi connectivity index (χ1v) is 7.56. The van der Waals surface area contributed by atoms with Gasteiger partial charge in [0.2, 0.25) is 0 Å². The molecule has 0 saturated carbocycles. The standard InChI is InChI=1S/C19H17NO/c1-12-8-10-13(11-9-12)19-15-5-3-7-17(21)14-4-2-6-16(20-19)18(14)15/h2,4,6,8-11,15H,3,5,7H2,1H3. The molecule has 2 nitrogen and oxygen atoms in total. The van der Waals surface area contributed by atoms with Gasteiger partial charge in [-0.05, 0) is 37.0 Å². The maximum absolute atomic E-state index is 12.3. The van der Waals surface area contributed by atoms with Gasteiger partial charge >= 0.3 is 0 Å². The molecular weight excluding hydrogens is 258 g/mol. The molecule has 1 aliphatic carbocycles. The molecule has 0 bridgehead atoms. The van der Waals surface area contributed by atoms with E-state index in [1.165, 1.54) is 11.1 Å². The van der Waals surface area contributed by atoms with Crippen LogP contribution in [0.1, 0.15) is 52.2 Å². The van der Waals surface area contributed by atoms with Crippen LogP contribution in [-0.4, -0.2) is 11.5 Å². The Morgan fingerprint density at radius 2 is 1.90 bits per heavy atom. The van der Waals surface area contributed by atoms with Crippen LogP contribution in [0.2, 0.25) is 0 Å². The van der Waals surface area contributed by atoms with Crippen LogP contribution in [0.15, 0.2) is 47.5 Å². The summed E-state index contributed by atoms with van der Waals surface area (Å²) in [4.78, 5) is 17.1. The molecule has 0 saturated heterocycles. The highest BCUT2D eigenvalue weighted by molar-refractivity contribution is 6.13. The first-order chi connectivity index (χ1) is 10.2. The van der Waals surface area contributed by atoms with Crippen molar-refractivity contribution in [2.24, 2.45) is 4.99 Å². The van der Waals surface area contributed by atoms with Crippen molar-refractivity contribution in [1.82, 2.24) is 0 Å². The van der Waals surface area contributed by atoms with Gasteiger partial charge in [0, 0.05) is 17.9 Å². The van der Waals surface area contributed by atoms with E-state index in [1.54, 1.807) is 0 Å². The Labute approximate surface area is 124 Å². The molecule has 2 heteroatoms. The van der Waals surface area contributed by atoms with Gasteiger partial charge < -0.3 is 0 Å². The van der Waals surface area contributed by atoms with Gasteiger partial charge in [-0.1, -0.05) is 42.0 Å². The lowest BCUT2D eigenvalue weighted by Crippen LogP contribution is -2.10. The van der Waals surface area contributed by atoms with Crippen LogP contribution in [0, 0.1) is 6.92 Å². The third-order valence-electron chi connectivity index (χ3n) is 4.55. The molecule has 21 heavy (non-hydrogen) atoms. The summed E-state index contributed by atoms with van der Waals surface area (Å²) in [5.74, 6) is 0.556. The van der Waals surface area contributed by atoms with E-state index >= 15 is 0 Å². The largest absolute Gasteiger partial charge is 0.294 e. The average Bonchev–Trinajstić information content (AvgIpc) is 2.77. The number of hydrogen-bond acceptors (Lipinski definition) is 2. The number of rotatable bonds is 1. The predicted octanol–water partition coefficient (Wildman–Crippen LogP) is 4.58. The van der Waals surface area contributed by atoms with Crippen LogP contribution in [-0.2, 0) is 0 Å².